The molecule has 0 radical (unpaired) electrons. The van der Waals surface area contributed by atoms with Crippen LogP contribution in [0.4, 0.5) is 4.39 Å². The minimum absolute atomic E-state index is 0.280. The van der Waals surface area contributed by atoms with E-state index in [9.17, 15) is 19.2 Å². The van der Waals surface area contributed by atoms with Crippen molar-refractivity contribution in [3.05, 3.63) is 82.1 Å². The van der Waals surface area contributed by atoms with Crippen LogP contribution in [0, 0.1) is 23.1 Å². The SMILES string of the molecule is COC(=O)[C@H]1C(=O)NC(SCc2cccc(F)c2)=C(C#N)[C@H]1c1ccccc1. The molecule has 0 aliphatic carbocycles. The molecule has 0 spiro atoms. The maximum absolute atomic E-state index is 13.4. The Morgan fingerprint density at radius 3 is 2.64 bits per heavy atom. The second kappa shape index (κ2) is 8.72. The highest BCUT2D eigenvalue weighted by Gasteiger charge is 2.44. The van der Waals surface area contributed by atoms with E-state index in [1.54, 1.807) is 36.4 Å². The maximum Gasteiger partial charge on any atom is 0.319 e. The van der Waals surface area contributed by atoms with Gasteiger partial charge in [-0.1, -0.05) is 42.5 Å². The van der Waals surface area contributed by atoms with Crippen LogP contribution in [0.3, 0.4) is 0 Å². The van der Waals surface area contributed by atoms with Crippen LogP contribution >= 0.6 is 11.8 Å². The van der Waals surface area contributed by atoms with Gasteiger partial charge in [-0.15, -0.1) is 11.8 Å². The number of nitrogens with zero attached hydrogens (tertiary/aromatic N) is 1. The quantitative estimate of drug-likeness (QED) is 0.618. The van der Waals surface area contributed by atoms with Crippen molar-refractivity contribution in [1.82, 2.24) is 5.32 Å². The third kappa shape index (κ3) is 4.07. The van der Waals surface area contributed by atoms with Crippen LogP contribution < -0.4 is 5.32 Å². The molecule has 2 atom stereocenters. The second-order valence-corrected chi connectivity index (χ2v) is 7.14. The number of methoxy groups -OCH3 is 1. The van der Waals surface area contributed by atoms with Gasteiger partial charge in [-0.3, -0.25) is 9.59 Å². The largest absolute Gasteiger partial charge is 0.468 e. The molecule has 2 aromatic carbocycles. The molecule has 1 aliphatic heterocycles. The molecule has 1 N–H and O–H groups in total. The number of rotatable bonds is 5. The summed E-state index contributed by atoms with van der Waals surface area (Å²) in [5, 5.41) is 12.8. The number of ether oxygens (including phenoxy) is 1. The van der Waals surface area contributed by atoms with E-state index in [1.807, 2.05) is 6.07 Å². The number of esters is 1. The van der Waals surface area contributed by atoms with Crippen LogP contribution in [0.5, 0.6) is 0 Å². The van der Waals surface area contributed by atoms with Crippen LogP contribution in [0.15, 0.2) is 65.2 Å². The van der Waals surface area contributed by atoms with E-state index in [0.29, 0.717) is 16.3 Å². The fraction of sp³-hybridized carbons (Fsp3) is 0.190. The fourth-order valence-corrected chi connectivity index (χ4v) is 4.11. The van der Waals surface area contributed by atoms with Gasteiger partial charge < -0.3 is 10.1 Å². The minimum Gasteiger partial charge on any atom is -0.468 e. The smallest absolute Gasteiger partial charge is 0.319 e. The summed E-state index contributed by atoms with van der Waals surface area (Å²) in [5.74, 6) is -3.12. The van der Waals surface area contributed by atoms with Crippen molar-refractivity contribution in [2.45, 2.75) is 11.7 Å². The topological polar surface area (TPSA) is 79.2 Å². The van der Waals surface area contributed by atoms with Crippen LogP contribution in [-0.2, 0) is 20.1 Å². The first kappa shape index (κ1) is 19.6. The lowest BCUT2D eigenvalue weighted by Crippen LogP contribution is -2.44. The molecule has 2 aromatic rings. The Kier molecular flexibility index (Phi) is 6.12. The molecule has 0 bridgehead atoms. The molecule has 1 amide bonds. The molecule has 0 saturated heterocycles. The zero-order chi connectivity index (χ0) is 20.1. The molecule has 1 aliphatic rings. The molecular weight excluding hydrogens is 379 g/mol. The van der Waals surface area contributed by atoms with Gasteiger partial charge >= 0.3 is 5.97 Å². The Hall–Kier alpha value is -3.11. The van der Waals surface area contributed by atoms with Crippen LogP contribution in [-0.4, -0.2) is 19.0 Å². The number of hydrogen-bond acceptors (Lipinski definition) is 5. The van der Waals surface area contributed by atoms with E-state index in [-0.39, 0.29) is 11.4 Å². The summed E-state index contributed by atoms with van der Waals surface area (Å²) in [5.41, 5.74) is 1.67. The summed E-state index contributed by atoms with van der Waals surface area (Å²) < 4.78 is 18.2. The van der Waals surface area contributed by atoms with Gasteiger partial charge in [-0.05, 0) is 23.3 Å². The predicted octanol–water partition coefficient (Wildman–Crippen LogP) is 3.50. The average molecular weight is 396 g/mol. The van der Waals surface area contributed by atoms with Crippen molar-refractivity contribution in [1.29, 1.82) is 5.26 Å². The molecule has 142 valence electrons. The van der Waals surface area contributed by atoms with Crippen molar-refractivity contribution in [2.24, 2.45) is 5.92 Å². The summed E-state index contributed by atoms with van der Waals surface area (Å²) in [4.78, 5) is 25.0. The molecule has 0 fully saturated rings. The highest BCUT2D eigenvalue weighted by Crippen LogP contribution is 2.40. The van der Waals surface area contributed by atoms with Crippen molar-refractivity contribution < 1.29 is 18.7 Å². The van der Waals surface area contributed by atoms with Crippen molar-refractivity contribution in [3.63, 3.8) is 0 Å². The van der Waals surface area contributed by atoms with E-state index in [1.165, 1.54) is 31.0 Å². The van der Waals surface area contributed by atoms with E-state index < -0.39 is 23.7 Å². The molecule has 1 heterocycles. The Morgan fingerprint density at radius 2 is 2.00 bits per heavy atom. The number of amides is 1. The number of nitrogens with one attached hydrogen (secondary N) is 1. The molecular formula is C21H17FN2O3S. The Balaban J connectivity index is 2.00. The number of carbonyl (C=O) groups is 2. The number of allylic oxidation sites excluding steroid dienone is 1. The molecule has 5 nitrogen and oxygen atoms in total. The summed E-state index contributed by atoms with van der Waals surface area (Å²) in [6.45, 7) is 0. The van der Waals surface area contributed by atoms with E-state index >= 15 is 0 Å². The Labute approximate surface area is 166 Å². The van der Waals surface area contributed by atoms with Crippen LogP contribution in [0.2, 0.25) is 0 Å². The van der Waals surface area contributed by atoms with Crippen molar-refractivity contribution >= 4 is 23.6 Å². The second-order valence-electron chi connectivity index (χ2n) is 6.15. The van der Waals surface area contributed by atoms with Gasteiger partial charge in [0.05, 0.1) is 23.8 Å². The maximum atomic E-state index is 13.4. The van der Waals surface area contributed by atoms with Crippen LogP contribution in [0.25, 0.3) is 0 Å². The highest BCUT2D eigenvalue weighted by atomic mass is 32.2. The van der Waals surface area contributed by atoms with Gasteiger partial charge in [0.2, 0.25) is 5.91 Å². The number of benzene rings is 2. The normalized spacial score (nSPS) is 19.0. The number of carbonyl (C=O) groups excluding carboxylic acids is 2. The van der Waals surface area contributed by atoms with Crippen molar-refractivity contribution in [2.75, 3.05) is 7.11 Å². The molecule has 0 aromatic heterocycles. The van der Waals surface area contributed by atoms with E-state index in [2.05, 4.69) is 11.4 Å². The van der Waals surface area contributed by atoms with Crippen LogP contribution in [0.1, 0.15) is 17.0 Å². The van der Waals surface area contributed by atoms with E-state index in [0.717, 1.165) is 5.56 Å². The average Bonchev–Trinajstić information content (AvgIpc) is 2.71. The molecule has 0 unspecified atom stereocenters. The van der Waals surface area contributed by atoms with Gasteiger partial charge in [0.25, 0.3) is 0 Å². The first-order valence-electron chi connectivity index (χ1n) is 8.50. The fourth-order valence-electron chi connectivity index (χ4n) is 3.12. The first-order valence-corrected chi connectivity index (χ1v) is 9.49. The number of hydrogen-bond donors (Lipinski definition) is 1. The van der Waals surface area contributed by atoms with Gasteiger partial charge in [0.15, 0.2) is 0 Å². The number of halogens is 1. The zero-order valence-electron chi connectivity index (χ0n) is 15.0. The van der Waals surface area contributed by atoms with Gasteiger partial charge in [0, 0.05) is 11.7 Å². The van der Waals surface area contributed by atoms with Crippen molar-refractivity contribution in [3.8, 4) is 6.07 Å². The van der Waals surface area contributed by atoms with Gasteiger partial charge in [-0.2, -0.15) is 5.26 Å². The van der Waals surface area contributed by atoms with Gasteiger partial charge in [-0.25, -0.2) is 4.39 Å². The summed E-state index contributed by atoms with van der Waals surface area (Å²) in [6, 6.07) is 17.2. The minimum atomic E-state index is -1.15. The molecule has 28 heavy (non-hydrogen) atoms. The molecule has 0 saturated carbocycles. The first-order chi connectivity index (χ1) is 13.5. The third-order valence-corrected chi connectivity index (χ3v) is 5.50. The highest BCUT2D eigenvalue weighted by molar-refractivity contribution is 8.02. The van der Waals surface area contributed by atoms with Gasteiger partial charge in [0.1, 0.15) is 11.7 Å². The summed E-state index contributed by atoms with van der Waals surface area (Å²) in [6.07, 6.45) is 0. The standard InChI is InChI=1S/C21H17FN2O3S/c1-27-21(26)18-17(14-7-3-2-4-8-14)16(11-23)20(24-19(18)25)28-12-13-6-5-9-15(22)10-13/h2-10,17-18H,12H2,1H3,(H,24,25)/t17-,18-/m1/s1. The summed E-state index contributed by atoms with van der Waals surface area (Å²) in [7, 11) is 1.21. The summed E-state index contributed by atoms with van der Waals surface area (Å²) >= 11 is 1.22. The Bertz CT molecular complexity index is 969. The lowest BCUT2D eigenvalue weighted by atomic mass is 9.78. The number of thioether (sulfide) groups is 1. The zero-order valence-corrected chi connectivity index (χ0v) is 15.8. The van der Waals surface area contributed by atoms with E-state index in [4.69, 9.17) is 4.74 Å². The lowest BCUT2D eigenvalue weighted by molar-refractivity contribution is -0.150. The molecule has 3 rings (SSSR count). The number of nitriles is 1. The Morgan fingerprint density at radius 1 is 1.25 bits per heavy atom. The predicted molar refractivity (Wildman–Crippen MR) is 103 cm³/mol. The monoisotopic (exact) mass is 396 g/mol. The lowest BCUT2D eigenvalue weighted by Gasteiger charge is -2.31. The molecule has 7 heteroatoms. The third-order valence-electron chi connectivity index (χ3n) is 4.41.